The maximum Gasteiger partial charge on any atom is 0.227 e. The number of fused-ring (bicyclic) bond motifs is 1. The van der Waals surface area contributed by atoms with Crippen LogP contribution in [0, 0.1) is 5.41 Å². The molecule has 8 heteroatoms. The van der Waals surface area contributed by atoms with Crippen molar-refractivity contribution in [1.29, 1.82) is 0 Å². The van der Waals surface area contributed by atoms with Crippen LogP contribution >= 0.6 is 11.6 Å². The summed E-state index contributed by atoms with van der Waals surface area (Å²) in [7, 11) is 0. The van der Waals surface area contributed by atoms with Gasteiger partial charge in [-0.25, -0.2) is 4.98 Å². The first-order valence-corrected chi connectivity index (χ1v) is 9.71. The van der Waals surface area contributed by atoms with Crippen LogP contribution in [-0.4, -0.2) is 37.3 Å². The standard InChI is InChI=1S/C20H27ClN6O/c1-12(2)27-11-22-16-17(23-14-8-6-7-13(21)9-14)25-19(26-18(16)27)24-15(10-28)20(3,4)5/h6-9,11-12,15,28H,10H2,1-5H3,(H2,23,24,25,26). The van der Waals surface area contributed by atoms with E-state index in [-0.39, 0.29) is 24.1 Å². The molecule has 0 bridgehead atoms. The van der Waals surface area contributed by atoms with E-state index in [4.69, 9.17) is 11.6 Å². The van der Waals surface area contributed by atoms with E-state index < -0.39 is 0 Å². The minimum atomic E-state index is -0.195. The Morgan fingerprint density at radius 1 is 1.21 bits per heavy atom. The van der Waals surface area contributed by atoms with Crippen LogP contribution in [0.2, 0.25) is 5.02 Å². The van der Waals surface area contributed by atoms with Crippen LogP contribution in [0.4, 0.5) is 17.5 Å². The summed E-state index contributed by atoms with van der Waals surface area (Å²) in [6.45, 7) is 10.3. The zero-order chi connectivity index (χ0) is 20.5. The molecule has 2 heterocycles. The average Bonchev–Trinajstić information content (AvgIpc) is 3.03. The molecule has 1 aromatic carbocycles. The number of aliphatic hydroxyl groups is 1. The van der Waals surface area contributed by atoms with Crippen LogP contribution in [0.5, 0.6) is 0 Å². The summed E-state index contributed by atoms with van der Waals surface area (Å²) >= 11 is 6.11. The van der Waals surface area contributed by atoms with Crippen LogP contribution in [0.15, 0.2) is 30.6 Å². The van der Waals surface area contributed by atoms with E-state index in [1.807, 2.05) is 28.8 Å². The summed E-state index contributed by atoms with van der Waals surface area (Å²) in [5.74, 6) is 1.02. The van der Waals surface area contributed by atoms with Gasteiger partial charge in [0.2, 0.25) is 5.95 Å². The second-order valence-corrected chi connectivity index (χ2v) is 8.63. The molecule has 1 unspecified atom stereocenters. The van der Waals surface area contributed by atoms with Crippen molar-refractivity contribution < 1.29 is 5.11 Å². The third-order valence-electron chi connectivity index (χ3n) is 4.60. The van der Waals surface area contributed by atoms with Crippen molar-refractivity contribution in [1.82, 2.24) is 19.5 Å². The molecule has 3 N–H and O–H groups in total. The average molecular weight is 403 g/mol. The number of aliphatic hydroxyl groups excluding tert-OH is 1. The second-order valence-electron chi connectivity index (χ2n) is 8.19. The second kappa shape index (κ2) is 7.93. The highest BCUT2D eigenvalue weighted by atomic mass is 35.5. The maximum absolute atomic E-state index is 9.81. The lowest BCUT2D eigenvalue weighted by molar-refractivity contribution is 0.201. The summed E-state index contributed by atoms with van der Waals surface area (Å²) in [4.78, 5) is 13.8. The molecule has 2 aromatic heterocycles. The van der Waals surface area contributed by atoms with Crippen molar-refractivity contribution in [2.75, 3.05) is 17.2 Å². The number of imidazole rings is 1. The summed E-state index contributed by atoms with van der Waals surface area (Å²) < 4.78 is 2.00. The summed E-state index contributed by atoms with van der Waals surface area (Å²) in [5.41, 5.74) is 2.05. The molecule has 28 heavy (non-hydrogen) atoms. The Balaban J connectivity index is 2.08. The number of hydrogen-bond acceptors (Lipinski definition) is 6. The van der Waals surface area contributed by atoms with E-state index in [1.165, 1.54) is 0 Å². The molecule has 0 aliphatic carbocycles. The lowest BCUT2D eigenvalue weighted by atomic mass is 9.87. The number of rotatable bonds is 6. The molecule has 3 rings (SSSR count). The Labute approximate surface area is 170 Å². The molecule has 0 spiro atoms. The molecule has 0 radical (unpaired) electrons. The van der Waals surface area contributed by atoms with Crippen LogP contribution in [0.25, 0.3) is 11.2 Å². The van der Waals surface area contributed by atoms with E-state index in [0.29, 0.717) is 22.3 Å². The first-order valence-electron chi connectivity index (χ1n) is 9.33. The van der Waals surface area contributed by atoms with Gasteiger partial charge in [-0.3, -0.25) is 0 Å². The van der Waals surface area contributed by atoms with Gasteiger partial charge in [-0.2, -0.15) is 9.97 Å². The lowest BCUT2D eigenvalue weighted by Gasteiger charge is -2.29. The predicted molar refractivity (Wildman–Crippen MR) is 114 cm³/mol. The topological polar surface area (TPSA) is 87.9 Å². The molecule has 0 saturated carbocycles. The van der Waals surface area contributed by atoms with Gasteiger partial charge in [0.25, 0.3) is 0 Å². The van der Waals surface area contributed by atoms with E-state index in [1.54, 1.807) is 6.33 Å². The molecule has 0 aliphatic heterocycles. The molecule has 0 fully saturated rings. The van der Waals surface area contributed by atoms with Crippen molar-refractivity contribution in [3.63, 3.8) is 0 Å². The van der Waals surface area contributed by atoms with Gasteiger partial charge < -0.3 is 20.3 Å². The van der Waals surface area contributed by atoms with Crippen LogP contribution < -0.4 is 10.6 Å². The number of hydrogen-bond donors (Lipinski definition) is 3. The van der Waals surface area contributed by atoms with Gasteiger partial charge in [-0.1, -0.05) is 38.4 Å². The molecule has 0 amide bonds. The number of anilines is 3. The summed E-state index contributed by atoms with van der Waals surface area (Å²) in [6.07, 6.45) is 1.77. The van der Waals surface area contributed by atoms with Gasteiger partial charge in [0, 0.05) is 16.8 Å². The molecule has 1 atom stereocenters. The number of halogens is 1. The van der Waals surface area contributed by atoms with Gasteiger partial charge in [-0.05, 0) is 37.5 Å². The number of aromatic nitrogens is 4. The van der Waals surface area contributed by atoms with Gasteiger partial charge in [0.1, 0.15) is 0 Å². The van der Waals surface area contributed by atoms with E-state index in [0.717, 1.165) is 11.3 Å². The minimum absolute atomic E-state index is 0.0224. The fourth-order valence-electron chi connectivity index (χ4n) is 2.84. The highest BCUT2D eigenvalue weighted by Gasteiger charge is 2.25. The number of nitrogens with zero attached hydrogens (tertiary/aromatic N) is 4. The summed E-state index contributed by atoms with van der Waals surface area (Å²) in [5, 5.41) is 17.0. The Hall–Kier alpha value is -2.38. The Morgan fingerprint density at radius 3 is 2.57 bits per heavy atom. The molecule has 3 aromatic rings. The fraction of sp³-hybridized carbons (Fsp3) is 0.450. The molecular formula is C20H27ClN6O. The predicted octanol–water partition coefficient (Wildman–Crippen LogP) is 4.62. The first kappa shape index (κ1) is 20.4. The summed E-state index contributed by atoms with van der Waals surface area (Å²) in [6, 6.07) is 7.43. The number of benzene rings is 1. The first-order chi connectivity index (χ1) is 13.2. The van der Waals surface area contributed by atoms with Gasteiger partial charge in [0.15, 0.2) is 17.0 Å². The van der Waals surface area contributed by atoms with Crippen LogP contribution in [0.3, 0.4) is 0 Å². The smallest absolute Gasteiger partial charge is 0.227 e. The lowest BCUT2D eigenvalue weighted by Crippen LogP contribution is -2.37. The van der Waals surface area contributed by atoms with Crippen molar-refractivity contribution in [3.05, 3.63) is 35.6 Å². The highest BCUT2D eigenvalue weighted by molar-refractivity contribution is 6.30. The maximum atomic E-state index is 9.81. The Morgan fingerprint density at radius 2 is 1.96 bits per heavy atom. The Bertz CT molecular complexity index is 963. The van der Waals surface area contributed by atoms with Crippen molar-refractivity contribution >= 4 is 40.2 Å². The molecule has 0 saturated heterocycles. The zero-order valence-electron chi connectivity index (χ0n) is 16.9. The quantitative estimate of drug-likeness (QED) is 0.557. The third kappa shape index (κ3) is 4.36. The number of nitrogens with one attached hydrogen (secondary N) is 2. The molecule has 0 aliphatic rings. The van der Waals surface area contributed by atoms with E-state index in [2.05, 4.69) is 60.2 Å². The van der Waals surface area contributed by atoms with E-state index >= 15 is 0 Å². The SMILES string of the molecule is CC(C)n1cnc2c(Nc3cccc(Cl)c3)nc(NC(CO)C(C)(C)C)nc21. The third-order valence-corrected chi connectivity index (χ3v) is 4.83. The van der Waals surface area contributed by atoms with Gasteiger partial charge in [-0.15, -0.1) is 0 Å². The van der Waals surface area contributed by atoms with E-state index in [9.17, 15) is 5.11 Å². The molecule has 7 nitrogen and oxygen atoms in total. The minimum Gasteiger partial charge on any atom is -0.394 e. The zero-order valence-corrected chi connectivity index (χ0v) is 17.6. The van der Waals surface area contributed by atoms with Crippen molar-refractivity contribution in [2.45, 2.75) is 46.7 Å². The fourth-order valence-corrected chi connectivity index (χ4v) is 3.03. The van der Waals surface area contributed by atoms with Gasteiger partial charge >= 0.3 is 0 Å². The van der Waals surface area contributed by atoms with Crippen LogP contribution in [-0.2, 0) is 0 Å². The largest absolute Gasteiger partial charge is 0.394 e. The van der Waals surface area contributed by atoms with Crippen LogP contribution in [0.1, 0.15) is 40.7 Å². The van der Waals surface area contributed by atoms with Crippen molar-refractivity contribution in [2.24, 2.45) is 5.41 Å². The Kier molecular flexibility index (Phi) is 5.76. The van der Waals surface area contributed by atoms with Crippen molar-refractivity contribution in [3.8, 4) is 0 Å². The molecule has 150 valence electrons. The van der Waals surface area contributed by atoms with Gasteiger partial charge in [0.05, 0.1) is 19.0 Å². The monoisotopic (exact) mass is 402 g/mol. The molecular weight excluding hydrogens is 376 g/mol. The highest BCUT2D eigenvalue weighted by Crippen LogP contribution is 2.28. The normalized spacial score (nSPS) is 13.1.